The molecule has 0 heterocycles. The normalized spacial score (nSPS) is 20.5. The summed E-state index contributed by atoms with van der Waals surface area (Å²) in [6.45, 7) is 4.14. The number of thioether (sulfide) groups is 1. The van der Waals surface area contributed by atoms with Gasteiger partial charge in [-0.3, -0.25) is 0 Å². The zero-order chi connectivity index (χ0) is 15.1. The highest BCUT2D eigenvalue weighted by Gasteiger charge is 2.32. The summed E-state index contributed by atoms with van der Waals surface area (Å²) in [5, 5.41) is 4.34. The zero-order valence-electron chi connectivity index (χ0n) is 13.4. The standard InChI is InChI=1S/C17H27NO2S/c1-4-8-18-17-15-12-14(20-3)7-6-13(15)11-16(17)21-10-5-9-19-2/h6-7,12,16-18H,4-5,8-11H2,1-3H3. The third-order valence-electron chi connectivity index (χ3n) is 3.92. The predicted octanol–water partition coefficient (Wildman–Crippen LogP) is 3.43. The summed E-state index contributed by atoms with van der Waals surface area (Å²) in [6, 6.07) is 6.96. The van der Waals surface area contributed by atoms with Crippen LogP contribution in [0.5, 0.6) is 5.75 Å². The summed E-state index contributed by atoms with van der Waals surface area (Å²) < 4.78 is 10.5. The Morgan fingerprint density at radius 1 is 1.33 bits per heavy atom. The van der Waals surface area contributed by atoms with Gasteiger partial charge >= 0.3 is 0 Å². The second-order valence-corrected chi connectivity index (χ2v) is 6.80. The predicted molar refractivity (Wildman–Crippen MR) is 90.5 cm³/mol. The van der Waals surface area contributed by atoms with Gasteiger partial charge in [0.25, 0.3) is 0 Å². The van der Waals surface area contributed by atoms with E-state index in [-0.39, 0.29) is 0 Å². The van der Waals surface area contributed by atoms with Crippen LogP contribution >= 0.6 is 11.8 Å². The highest BCUT2D eigenvalue weighted by atomic mass is 32.2. The van der Waals surface area contributed by atoms with Crippen LogP contribution in [0.1, 0.15) is 36.9 Å². The Morgan fingerprint density at radius 3 is 2.90 bits per heavy atom. The number of rotatable bonds is 9. The van der Waals surface area contributed by atoms with Gasteiger partial charge in [0.1, 0.15) is 5.75 Å². The third kappa shape index (κ3) is 4.38. The van der Waals surface area contributed by atoms with Gasteiger partial charge in [-0.2, -0.15) is 11.8 Å². The topological polar surface area (TPSA) is 30.5 Å². The van der Waals surface area contributed by atoms with Crippen LogP contribution in [0.3, 0.4) is 0 Å². The Hall–Kier alpha value is -0.710. The molecule has 1 aliphatic rings. The van der Waals surface area contributed by atoms with Crippen molar-refractivity contribution in [1.82, 2.24) is 5.32 Å². The van der Waals surface area contributed by atoms with E-state index < -0.39 is 0 Å². The van der Waals surface area contributed by atoms with Gasteiger partial charge in [-0.05, 0) is 54.8 Å². The van der Waals surface area contributed by atoms with E-state index in [9.17, 15) is 0 Å². The summed E-state index contributed by atoms with van der Waals surface area (Å²) in [5.41, 5.74) is 2.89. The van der Waals surface area contributed by atoms with Crippen molar-refractivity contribution >= 4 is 11.8 Å². The second kappa shape index (κ2) is 8.66. The highest BCUT2D eigenvalue weighted by molar-refractivity contribution is 7.99. The number of benzene rings is 1. The molecule has 4 heteroatoms. The molecule has 0 bridgehead atoms. The lowest BCUT2D eigenvalue weighted by atomic mass is 10.1. The first-order valence-electron chi connectivity index (χ1n) is 7.80. The molecule has 2 unspecified atom stereocenters. The van der Waals surface area contributed by atoms with E-state index in [1.807, 2.05) is 0 Å². The molecule has 0 saturated heterocycles. The van der Waals surface area contributed by atoms with E-state index in [0.717, 1.165) is 43.9 Å². The lowest BCUT2D eigenvalue weighted by molar-refractivity contribution is 0.200. The molecule has 1 aromatic carbocycles. The molecule has 0 aromatic heterocycles. The molecule has 21 heavy (non-hydrogen) atoms. The van der Waals surface area contributed by atoms with Crippen molar-refractivity contribution in [3.05, 3.63) is 29.3 Å². The molecule has 1 aliphatic carbocycles. The average molecular weight is 309 g/mol. The molecule has 0 aliphatic heterocycles. The summed E-state index contributed by atoms with van der Waals surface area (Å²) in [4.78, 5) is 0. The zero-order valence-corrected chi connectivity index (χ0v) is 14.2. The Morgan fingerprint density at radius 2 is 2.19 bits per heavy atom. The SMILES string of the molecule is CCCNC1c2cc(OC)ccc2CC1SCCCOC. The maximum absolute atomic E-state index is 5.39. The molecule has 0 saturated carbocycles. The Labute approximate surface area is 132 Å². The molecule has 1 N–H and O–H groups in total. The number of ether oxygens (including phenoxy) is 2. The first kappa shape index (κ1) is 16.7. The lowest BCUT2D eigenvalue weighted by Gasteiger charge is -2.21. The van der Waals surface area contributed by atoms with Crippen LogP contribution in [0.4, 0.5) is 0 Å². The molecule has 0 radical (unpaired) electrons. The monoisotopic (exact) mass is 309 g/mol. The van der Waals surface area contributed by atoms with E-state index in [0.29, 0.717) is 11.3 Å². The van der Waals surface area contributed by atoms with E-state index in [4.69, 9.17) is 9.47 Å². The Kier molecular flexibility index (Phi) is 6.87. The molecule has 3 nitrogen and oxygen atoms in total. The fraction of sp³-hybridized carbons (Fsp3) is 0.647. The first-order chi connectivity index (χ1) is 10.3. The van der Waals surface area contributed by atoms with Gasteiger partial charge in [0, 0.05) is 25.0 Å². The minimum atomic E-state index is 0.447. The van der Waals surface area contributed by atoms with Gasteiger partial charge in [-0.15, -0.1) is 0 Å². The van der Waals surface area contributed by atoms with Crippen molar-refractivity contribution in [2.24, 2.45) is 0 Å². The molecule has 118 valence electrons. The van der Waals surface area contributed by atoms with Crippen LogP contribution in [0.25, 0.3) is 0 Å². The van der Waals surface area contributed by atoms with Crippen LogP contribution < -0.4 is 10.1 Å². The molecule has 1 aromatic rings. The largest absolute Gasteiger partial charge is 0.497 e. The summed E-state index contributed by atoms with van der Waals surface area (Å²) >= 11 is 2.07. The van der Waals surface area contributed by atoms with Crippen molar-refractivity contribution in [3.63, 3.8) is 0 Å². The second-order valence-electron chi connectivity index (χ2n) is 5.46. The maximum Gasteiger partial charge on any atom is 0.119 e. The lowest BCUT2D eigenvalue weighted by Crippen LogP contribution is -2.28. The maximum atomic E-state index is 5.39. The van der Waals surface area contributed by atoms with Gasteiger partial charge in [-0.1, -0.05) is 13.0 Å². The van der Waals surface area contributed by atoms with Crippen molar-refractivity contribution in [3.8, 4) is 5.75 Å². The molecule has 2 atom stereocenters. The van der Waals surface area contributed by atoms with E-state index in [1.54, 1.807) is 14.2 Å². The van der Waals surface area contributed by atoms with E-state index in [2.05, 4.69) is 42.2 Å². The molecule has 0 fully saturated rings. The number of nitrogens with one attached hydrogen (secondary N) is 1. The third-order valence-corrected chi connectivity index (χ3v) is 5.31. The van der Waals surface area contributed by atoms with Crippen LogP contribution in [0, 0.1) is 0 Å². The minimum Gasteiger partial charge on any atom is -0.497 e. The van der Waals surface area contributed by atoms with Crippen LogP contribution in [-0.4, -0.2) is 38.4 Å². The van der Waals surface area contributed by atoms with Gasteiger partial charge in [-0.25, -0.2) is 0 Å². The number of hydrogen-bond donors (Lipinski definition) is 1. The Balaban J connectivity index is 2.04. The summed E-state index contributed by atoms with van der Waals surface area (Å²) in [7, 11) is 3.51. The molecule has 0 amide bonds. The first-order valence-corrected chi connectivity index (χ1v) is 8.85. The number of methoxy groups -OCH3 is 2. The van der Waals surface area contributed by atoms with Crippen LogP contribution in [0.15, 0.2) is 18.2 Å². The van der Waals surface area contributed by atoms with Gasteiger partial charge in [0.05, 0.1) is 7.11 Å². The number of fused-ring (bicyclic) bond motifs is 1. The van der Waals surface area contributed by atoms with Gasteiger partial charge < -0.3 is 14.8 Å². The fourth-order valence-corrected chi connectivity index (χ4v) is 4.16. The van der Waals surface area contributed by atoms with Crippen LogP contribution in [0.2, 0.25) is 0 Å². The van der Waals surface area contributed by atoms with Crippen molar-refractivity contribution in [2.45, 2.75) is 37.5 Å². The summed E-state index contributed by atoms with van der Waals surface area (Å²) in [5.74, 6) is 2.12. The van der Waals surface area contributed by atoms with Crippen molar-refractivity contribution < 1.29 is 9.47 Å². The van der Waals surface area contributed by atoms with E-state index in [1.165, 1.54) is 11.1 Å². The van der Waals surface area contributed by atoms with Gasteiger partial charge in [0.15, 0.2) is 0 Å². The smallest absolute Gasteiger partial charge is 0.119 e. The van der Waals surface area contributed by atoms with Crippen molar-refractivity contribution in [2.75, 3.05) is 33.1 Å². The highest BCUT2D eigenvalue weighted by Crippen LogP contribution is 2.40. The molecular weight excluding hydrogens is 282 g/mol. The molecular formula is C17H27NO2S. The molecule has 2 rings (SSSR count). The van der Waals surface area contributed by atoms with Crippen molar-refractivity contribution in [1.29, 1.82) is 0 Å². The fourth-order valence-electron chi connectivity index (χ4n) is 2.84. The minimum absolute atomic E-state index is 0.447. The quantitative estimate of drug-likeness (QED) is 0.708. The Bertz CT molecular complexity index is 439. The molecule has 0 spiro atoms. The number of hydrogen-bond acceptors (Lipinski definition) is 4. The van der Waals surface area contributed by atoms with Gasteiger partial charge in [0.2, 0.25) is 0 Å². The average Bonchev–Trinajstić information content (AvgIpc) is 2.86. The summed E-state index contributed by atoms with van der Waals surface area (Å²) in [6.07, 6.45) is 3.44. The van der Waals surface area contributed by atoms with E-state index >= 15 is 0 Å². The van der Waals surface area contributed by atoms with Crippen LogP contribution in [-0.2, 0) is 11.2 Å².